The Kier molecular flexibility index (Phi) is 7.45. The summed E-state index contributed by atoms with van der Waals surface area (Å²) in [6, 6.07) is 66.0. The number of aliphatic imine (C=N–C) groups is 1. The van der Waals surface area contributed by atoms with Gasteiger partial charge in [0, 0.05) is 62.4 Å². The number of fused-ring (bicyclic) bond motifs is 9. The van der Waals surface area contributed by atoms with E-state index in [0.717, 1.165) is 17.0 Å². The van der Waals surface area contributed by atoms with Gasteiger partial charge in [0.15, 0.2) is 0 Å². The Morgan fingerprint density at radius 3 is 1.95 bits per heavy atom. The molecule has 0 saturated carbocycles. The van der Waals surface area contributed by atoms with Gasteiger partial charge < -0.3 is 9.88 Å². The Balaban J connectivity index is 0.985. The van der Waals surface area contributed by atoms with Crippen LogP contribution in [0.1, 0.15) is 29.0 Å². The number of para-hydroxylation sites is 2. The molecule has 2 atom stereocenters. The molecule has 4 nitrogen and oxygen atoms in total. The highest BCUT2D eigenvalue weighted by Crippen LogP contribution is 2.45. The summed E-state index contributed by atoms with van der Waals surface area (Å²) < 4.78 is 7.60. The first-order valence-corrected chi connectivity index (χ1v) is 21.0. The van der Waals surface area contributed by atoms with Gasteiger partial charge in [-0.3, -0.25) is 5.32 Å². The van der Waals surface area contributed by atoms with Crippen molar-refractivity contribution in [2.24, 2.45) is 4.99 Å². The third-order valence-corrected chi connectivity index (χ3v) is 13.9. The molecule has 270 valence electrons. The number of amidine groups is 1. The maximum atomic E-state index is 5.17. The number of nitrogens with one attached hydrogen (secondary N) is 2. The number of hydrogen-bond donors (Lipinski definition) is 2. The van der Waals surface area contributed by atoms with Crippen LogP contribution in [0.4, 0.5) is 0 Å². The van der Waals surface area contributed by atoms with Crippen LogP contribution >= 0.6 is 22.7 Å². The fraction of sp³-hybridized carbons (Fsp3) is 0.0392. The smallest absolute Gasteiger partial charge is 0.131 e. The van der Waals surface area contributed by atoms with Crippen LogP contribution in [0.25, 0.3) is 79.0 Å². The number of aromatic nitrogens is 1. The first kappa shape index (κ1) is 32.7. The van der Waals surface area contributed by atoms with Crippen molar-refractivity contribution in [2.45, 2.75) is 12.3 Å². The van der Waals surface area contributed by atoms with E-state index < -0.39 is 0 Å². The average molecular weight is 767 g/mol. The zero-order chi connectivity index (χ0) is 37.5. The SMILES string of the molecule is c1ccc(C2=NC(c3ccccc3)NC(c3cccc4sc5c(-c6ccc7sc8ccc(-n9c%10ccccc%10c%10ccccc%109)cc8c7c6)cccc5c34)N2)cc1. The number of hydrogen-bond acceptors (Lipinski definition) is 5. The molecular weight excluding hydrogens is 733 g/mol. The van der Waals surface area contributed by atoms with Gasteiger partial charge in [0.05, 0.1) is 11.0 Å². The molecule has 6 heteroatoms. The second-order valence-electron chi connectivity index (χ2n) is 14.8. The fourth-order valence-electron chi connectivity index (χ4n) is 8.88. The molecule has 3 aromatic heterocycles. The minimum absolute atomic E-state index is 0.148. The van der Waals surface area contributed by atoms with Crippen LogP contribution in [0.5, 0.6) is 0 Å². The quantitative estimate of drug-likeness (QED) is 0.183. The summed E-state index contributed by atoms with van der Waals surface area (Å²) in [7, 11) is 0. The van der Waals surface area contributed by atoms with Crippen molar-refractivity contribution in [2.75, 3.05) is 0 Å². The minimum atomic E-state index is -0.189. The zero-order valence-electron chi connectivity index (χ0n) is 30.7. The summed E-state index contributed by atoms with van der Waals surface area (Å²) in [5, 5.41) is 15.3. The molecule has 4 heterocycles. The van der Waals surface area contributed by atoms with Crippen LogP contribution in [0, 0.1) is 0 Å². The summed E-state index contributed by atoms with van der Waals surface area (Å²) in [6.45, 7) is 0. The maximum absolute atomic E-state index is 5.17. The Labute approximate surface area is 337 Å². The third kappa shape index (κ3) is 5.26. The Bertz CT molecular complexity index is 3320. The van der Waals surface area contributed by atoms with Crippen molar-refractivity contribution in [1.82, 2.24) is 15.2 Å². The summed E-state index contributed by atoms with van der Waals surface area (Å²) in [5.74, 6) is 0.892. The van der Waals surface area contributed by atoms with Gasteiger partial charge in [-0.15, -0.1) is 22.7 Å². The lowest BCUT2D eigenvalue weighted by atomic mass is 9.98. The fourth-order valence-corrected chi connectivity index (χ4v) is 11.2. The molecule has 0 bridgehead atoms. The van der Waals surface area contributed by atoms with Crippen molar-refractivity contribution in [3.63, 3.8) is 0 Å². The van der Waals surface area contributed by atoms with Gasteiger partial charge in [0.1, 0.15) is 18.2 Å². The number of rotatable bonds is 5. The normalized spacial score (nSPS) is 15.9. The number of nitrogens with zero attached hydrogens (tertiary/aromatic N) is 2. The molecule has 57 heavy (non-hydrogen) atoms. The third-order valence-electron chi connectivity index (χ3n) is 11.5. The average Bonchev–Trinajstić information content (AvgIpc) is 3.96. The summed E-state index contributed by atoms with van der Waals surface area (Å²) in [4.78, 5) is 5.17. The van der Waals surface area contributed by atoms with Crippen molar-refractivity contribution in [3.8, 4) is 16.8 Å². The lowest BCUT2D eigenvalue weighted by Crippen LogP contribution is -2.45. The summed E-state index contributed by atoms with van der Waals surface area (Å²) >= 11 is 3.75. The van der Waals surface area contributed by atoms with Gasteiger partial charge in [-0.25, -0.2) is 4.99 Å². The van der Waals surface area contributed by atoms with Gasteiger partial charge in [-0.1, -0.05) is 133 Å². The van der Waals surface area contributed by atoms with E-state index in [0.29, 0.717) is 0 Å². The van der Waals surface area contributed by atoms with Gasteiger partial charge in [0.25, 0.3) is 0 Å². The molecule has 1 aliphatic rings. The lowest BCUT2D eigenvalue weighted by Gasteiger charge is -2.32. The van der Waals surface area contributed by atoms with E-state index in [2.05, 4.69) is 197 Å². The Morgan fingerprint density at radius 1 is 0.491 bits per heavy atom. The summed E-state index contributed by atoms with van der Waals surface area (Å²) in [5.41, 5.74) is 9.57. The van der Waals surface area contributed by atoms with Crippen LogP contribution < -0.4 is 10.6 Å². The predicted molar refractivity (Wildman–Crippen MR) is 243 cm³/mol. The molecular formula is C51H34N4S2. The highest BCUT2D eigenvalue weighted by atomic mass is 32.1. The molecule has 0 spiro atoms. The molecule has 0 saturated heterocycles. The molecule has 11 aromatic rings. The number of thiophene rings is 2. The second-order valence-corrected chi connectivity index (χ2v) is 16.9. The zero-order valence-corrected chi connectivity index (χ0v) is 32.3. The molecule has 2 N–H and O–H groups in total. The predicted octanol–water partition coefficient (Wildman–Crippen LogP) is 13.5. The molecule has 1 aliphatic heterocycles. The molecule has 8 aromatic carbocycles. The van der Waals surface area contributed by atoms with Crippen LogP contribution in [-0.4, -0.2) is 10.4 Å². The Hall–Kier alpha value is -6.57. The molecule has 0 fully saturated rings. The molecule has 0 radical (unpaired) electrons. The van der Waals surface area contributed by atoms with E-state index in [1.54, 1.807) is 0 Å². The van der Waals surface area contributed by atoms with E-state index in [9.17, 15) is 0 Å². The monoisotopic (exact) mass is 766 g/mol. The van der Waals surface area contributed by atoms with E-state index in [1.807, 2.05) is 22.7 Å². The van der Waals surface area contributed by atoms with Crippen molar-refractivity contribution in [1.29, 1.82) is 0 Å². The van der Waals surface area contributed by atoms with Crippen molar-refractivity contribution >= 4 is 90.7 Å². The molecule has 0 amide bonds. The van der Waals surface area contributed by atoms with Crippen LogP contribution in [0.2, 0.25) is 0 Å². The van der Waals surface area contributed by atoms with Crippen molar-refractivity contribution in [3.05, 3.63) is 199 Å². The standard InChI is InChI=1S/C51H34N4S2/c1-3-13-31(14-4-1)49-52-50(32-15-5-2-6-16-32)54-51(53-49)39-21-12-24-46-47(39)38-20-11-19-35(48(38)57-46)33-25-27-44-40(29-33)41-30-34(26-28-45(41)56-44)55-42-22-9-7-17-36(42)37-18-8-10-23-43(37)55/h1-30,49,51,53H,(H,52,54). The van der Waals surface area contributed by atoms with Crippen molar-refractivity contribution < 1.29 is 0 Å². The summed E-state index contributed by atoms with van der Waals surface area (Å²) in [6.07, 6.45) is -0.337. The molecule has 12 rings (SSSR count). The number of benzene rings is 8. The van der Waals surface area contributed by atoms with E-state index in [-0.39, 0.29) is 12.3 Å². The van der Waals surface area contributed by atoms with E-state index >= 15 is 0 Å². The lowest BCUT2D eigenvalue weighted by molar-refractivity contribution is 0.411. The largest absolute Gasteiger partial charge is 0.350 e. The first-order valence-electron chi connectivity index (χ1n) is 19.4. The van der Waals surface area contributed by atoms with Crippen LogP contribution in [-0.2, 0) is 0 Å². The van der Waals surface area contributed by atoms with E-state index in [4.69, 9.17) is 4.99 Å². The van der Waals surface area contributed by atoms with Gasteiger partial charge >= 0.3 is 0 Å². The van der Waals surface area contributed by atoms with Crippen LogP contribution in [0.3, 0.4) is 0 Å². The highest BCUT2D eigenvalue weighted by Gasteiger charge is 2.28. The first-order chi connectivity index (χ1) is 28.2. The van der Waals surface area contributed by atoms with Gasteiger partial charge in [0.2, 0.25) is 0 Å². The van der Waals surface area contributed by atoms with Crippen LogP contribution in [0.15, 0.2) is 187 Å². The Morgan fingerprint density at radius 2 is 1.16 bits per heavy atom. The molecule has 2 unspecified atom stereocenters. The highest BCUT2D eigenvalue weighted by molar-refractivity contribution is 7.26. The van der Waals surface area contributed by atoms with Gasteiger partial charge in [-0.05, 0) is 70.8 Å². The second kappa shape index (κ2) is 13.0. The molecule has 0 aliphatic carbocycles. The van der Waals surface area contributed by atoms with E-state index in [1.165, 1.54) is 84.5 Å². The topological polar surface area (TPSA) is 41.4 Å². The minimum Gasteiger partial charge on any atom is -0.350 e. The maximum Gasteiger partial charge on any atom is 0.131 e. The van der Waals surface area contributed by atoms with Gasteiger partial charge in [-0.2, -0.15) is 0 Å².